The third-order valence-electron chi connectivity index (χ3n) is 3.82. The van der Waals surface area contributed by atoms with Crippen LogP contribution >= 0.6 is 23.2 Å². The lowest BCUT2D eigenvalue weighted by atomic mass is 10.0. The lowest BCUT2D eigenvalue weighted by molar-refractivity contribution is 0.100. The van der Waals surface area contributed by atoms with Gasteiger partial charge in [0.15, 0.2) is 0 Å². The maximum Gasteiger partial charge on any atom is 0.0593 e. The van der Waals surface area contributed by atoms with Gasteiger partial charge in [-0.3, -0.25) is 9.80 Å². The van der Waals surface area contributed by atoms with Gasteiger partial charge < -0.3 is 4.74 Å². The van der Waals surface area contributed by atoms with Gasteiger partial charge >= 0.3 is 0 Å². The Morgan fingerprint density at radius 3 is 2.67 bits per heavy atom. The number of piperidine rings is 1. The molecule has 18 heavy (non-hydrogen) atoms. The van der Waals surface area contributed by atoms with E-state index >= 15 is 0 Å². The smallest absolute Gasteiger partial charge is 0.0593 e. The lowest BCUT2D eigenvalue weighted by Gasteiger charge is -2.37. The summed E-state index contributed by atoms with van der Waals surface area (Å²) in [4.78, 5) is 4.98. The Morgan fingerprint density at radius 1 is 1.17 bits per heavy atom. The average Bonchev–Trinajstić information content (AvgIpc) is 2.68. The molecular formula is C13H22Cl2N2O. The first-order valence-electron chi connectivity index (χ1n) is 6.78. The molecule has 2 saturated heterocycles. The fourth-order valence-corrected chi connectivity index (χ4v) is 3.06. The van der Waals surface area contributed by atoms with Crippen LogP contribution in [-0.4, -0.2) is 61.8 Å². The number of halogens is 2. The fourth-order valence-electron chi connectivity index (χ4n) is 2.82. The highest BCUT2D eigenvalue weighted by atomic mass is 35.5. The molecular weight excluding hydrogens is 271 g/mol. The molecule has 2 aliphatic heterocycles. The summed E-state index contributed by atoms with van der Waals surface area (Å²) in [5.74, 6) is 0. The number of hydrogen-bond donors (Lipinski definition) is 0. The number of rotatable bonds is 3. The summed E-state index contributed by atoms with van der Waals surface area (Å²) >= 11 is 11.6. The van der Waals surface area contributed by atoms with Gasteiger partial charge in [0, 0.05) is 55.9 Å². The van der Waals surface area contributed by atoms with Crippen LogP contribution in [0.4, 0.5) is 0 Å². The van der Waals surface area contributed by atoms with E-state index in [1.165, 1.54) is 31.3 Å². The van der Waals surface area contributed by atoms with Crippen LogP contribution in [0.5, 0.6) is 0 Å². The SMILES string of the molecule is ClC=C(Cl)CN1CCC(N2CCCOCC2)CC1. The highest BCUT2D eigenvalue weighted by molar-refractivity contribution is 6.36. The van der Waals surface area contributed by atoms with Gasteiger partial charge in [-0.25, -0.2) is 0 Å². The Labute approximate surface area is 120 Å². The molecule has 0 atom stereocenters. The van der Waals surface area contributed by atoms with Crippen molar-refractivity contribution in [1.82, 2.24) is 9.80 Å². The summed E-state index contributed by atoms with van der Waals surface area (Å²) < 4.78 is 5.51. The van der Waals surface area contributed by atoms with Crippen LogP contribution in [0.2, 0.25) is 0 Å². The van der Waals surface area contributed by atoms with E-state index in [0.29, 0.717) is 0 Å². The van der Waals surface area contributed by atoms with E-state index in [-0.39, 0.29) is 0 Å². The average molecular weight is 293 g/mol. The Bertz CT molecular complexity index is 270. The largest absolute Gasteiger partial charge is 0.380 e. The number of nitrogens with zero attached hydrogens (tertiary/aromatic N) is 2. The molecule has 2 fully saturated rings. The van der Waals surface area contributed by atoms with Crippen LogP contribution in [0, 0.1) is 0 Å². The van der Waals surface area contributed by atoms with Crippen LogP contribution < -0.4 is 0 Å². The highest BCUT2D eigenvalue weighted by Crippen LogP contribution is 2.19. The van der Waals surface area contributed by atoms with Crippen molar-refractivity contribution in [2.45, 2.75) is 25.3 Å². The molecule has 0 saturated carbocycles. The zero-order valence-electron chi connectivity index (χ0n) is 10.8. The second-order valence-corrected chi connectivity index (χ2v) is 5.77. The molecule has 0 radical (unpaired) electrons. The minimum absolute atomic E-state index is 0.724. The second-order valence-electron chi connectivity index (χ2n) is 5.07. The third-order valence-corrected chi connectivity index (χ3v) is 4.43. The monoisotopic (exact) mass is 292 g/mol. The Morgan fingerprint density at radius 2 is 1.94 bits per heavy atom. The molecule has 2 aliphatic rings. The van der Waals surface area contributed by atoms with Crippen LogP contribution in [0.3, 0.4) is 0 Å². The standard InChI is InChI=1S/C13H22Cl2N2O/c14-10-12(15)11-16-5-2-13(3-6-16)17-4-1-8-18-9-7-17/h10,13H,1-9,11H2. The highest BCUT2D eigenvalue weighted by Gasteiger charge is 2.25. The summed E-state index contributed by atoms with van der Waals surface area (Å²) in [6.07, 6.45) is 3.62. The van der Waals surface area contributed by atoms with E-state index in [0.717, 1.165) is 50.5 Å². The fraction of sp³-hybridized carbons (Fsp3) is 0.846. The van der Waals surface area contributed by atoms with Crippen LogP contribution in [0.1, 0.15) is 19.3 Å². The van der Waals surface area contributed by atoms with Crippen molar-refractivity contribution in [2.24, 2.45) is 0 Å². The van der Waals surface area contributed by atoms with E-state index in [2.05, 4.69) is 9.80 Å². The summed E-state index contributed by atoms with van der Waals surface area (Å²) in [5, 5.41) is 0.735. The van der Waals surface area contributed by atoms with E-state index in [4.69, 9.17) is 27.9 Å². The van der Waals surface area contributed by atoms with E-state index in [9.17, 15) is 0 Å². The normalized spacial score (nSPS) is 26.2. The summed E-state index contributed by atoms with van der Waals surface area (Å²) in [6.45, 7) is 7.11. The maximum atomic E-state index is 5.97. The topological polar surface area (TPSA) is 15.7 Å². The van der Waals surface area contributed by atoms with Crippen LogP contribution in [0.15, 0.2) is 10.6 Å². The number of hydrogen-bond acceptors (Lipinski definition) is 3. The first-order chi connectivity index (χ1) is 8.79. The quantitative estimate of drug-likeness (QED) is 0.795. The van der Waals surface area contributed by atoms with Gasteiger partial charge in [0.2, 0.25) is 0 Å². The molecule has 0 spiro atoms. The summed E-state index contributed by atoms with van der Waals surface area (Å²) in [6, 6.07) is 0.724. The van der Waals surface area contributed by atoms with E-state index in [1.54, 1.807) is 0 Å². The lowest BCUT2D eigenvalue weighted by Crippen LogP contribution is -2.46. The van der Waals surface area contributed by atoms with Crippen molar-refractivity contribution < 1.29 is 4.74 Å². The van der Waals surface area contributed by atoms with Crippen molar-refractivity contribution in [2.75, 3.05) is 45.9 Å². The van der Waals surface area contributed by atoms with Crippen molar-refractivity contribution >= 4 is 23.2 Å². The first-order valence-corrected chi connectivity index (χ1v) is 7.60. The molecule has 0 aliphatic carbocycles. The van der Waals surface area contributed by atoms with Gasteiger partial charge in [0.05, 0.1) is 6.61 Å². The van der Waals surface area contributed by atoms with Crippen molar-refractivity contribution in [3.05, 3.63) is 10.6 Å². The Kier molecular flexibility index (Phi) is 6.25. The molecule has 0 N–H and O–H groups in total. The van der Waals surface area contributed by atoms with Crippen LogP contribution in [0.25, 0.3) is 0 Å². The van der Waals surface area contributed by atoms with Gasteiger partial charge in [-0.15, -0.1) is 0 Å². The third kappa shape index (κ3) is 4.39. The minimum Gasteiger partial charge on any atom is -0.380 e. The van der Waals surface area contributed by atoms with E-state index < -0.39 is 0 Å². The number of ether oxygens (including phenoxy) is 1. The van der Waals surface area contributed by atoms with Gasteiger partial charge in [-0.2, -0.15) is 0 Å². The molecule has 0 bridgehead atoms. The maximum absolute atomic E-state index is 5.97. The van der Waals surface area contributed by atoms with Gasteiger partial charge in [0.1, 0.15) is 0 Å². The second kappa shape index (κ2) is 7.71. The van der Waals surface area contributed by atoms with Crippen molar-refractivity contribution in [3.8, 4) is 0 Å². The molecule has 0 aromatic heterocycles. The molecule has 0 unspecified atom stereocenters. The predicted octanol–water partition coefficient (Wildman–Crippen LogP) is 2.49. The van der Waals surface area contributed by atoms with Gasteiger partial charge in [-0.1, -0.05) is 23.2 Å². The number of likely N-dealkylation sites (tertiary alicyclic amines) is 1. The zero-order chi connectivity index (χ0) is 12.8. The molecule has 0 aromatic carbocycles. The zero-order valence-corrected chi connectivity index (χ0v) is 12.3. The Hall–Kier alpha value is 0.200. The van der Waals surface area contributed by atoms with Crippen molar-refractivity contribution in [1.29, 1.82) is 0 Å². The molecule has 3 nitrogen and oxygen atoms in total. The van der Waals surface area contributed by atoms with Gasteiger partial charge in [0.25, 0.3) is 0 Å². The van der Waals surface area contributed by atoms with Crippen LogP contribution in [-0.2, 0) is 4.74 Å². The summed E-state index contributed by atoms with van der Waals surface area (Å²) in [7, 11) is 0. The molecule has 2 heterocycles. The molecule has 2 rings (SSSR count). The van der Waals surface area contributed by atoms with Crippen molar-refractivity contribution in [3.63, 3.8) is 0 Å². The first kappa shape index (κ1) is 14.6. The van der Waals surface area contributed by atoms with E-state index in [1.807, 2.05) is 0 Å². The predicted molar refractivity (Wildman–Crippen MR) is 76.3 cm³/mol. The molecule has 104 valence electrons. The summed E-state index contributed by atoms with van der Waals surface area (Å²) in [5.41, 5.74) is 1.47. The molecule has 0 aromatic rings. The molecule has 5 heteroatoms. The van der Waals surface area contributed by atoms with Gasteiger partial charge in [-0.05, 0) is 19.3 Å². The molecule has 0 amide bonds. The Balaban J connectivity index is 1.75. The minimum atomic E-state index is 0.724.